The smallest absolute Gasteiger partial charge is 0.213 e. The first-order valence-corrected chi connectivity index (χ1v) is 19.3. The van der Waals surface area contributed by atoms with Crippen LogP contribution in [0, 0.1) is 26.7 Å². The van der Waals surface area contributed by atoms with Gasteiger partial charge in [0.2, 0.25) is 5.69 Å². The van der Waals surface area contributed by atoms with Crippen molar-refractivity contribution in [3.05, 3.63) is 154 Å². The fourth-order valence-corrected chi connectivity index (χ4v) is 11.5. The summed E-state index contributed by atoms with van der Waals surface area (Å²) in [4.78, 5) is 2.86. The Morgan fingerprint density at radius 2 is 1.71 bits per heavy atom. The second kappa shape index (κ2) is 11.0. The van der Waals surface area contributed by atoms with Crippen molar-refractivity contribution in [2.24, 2.45) is 5.92 Å². The molecule has 7 aromatic rings. The van der Waals surface area contributed by atoms with Gasteiger partial charge in [0.05, 0.1) is 17.4 Å². The van der Waals surface area contributed by atoms with E-state index < -0.39 is 0 Å². The molecule has 1 saturated carbocycles. The first-order chi connectivity index (χ1) is 24.8. The molecule has 252 valence electrons. The first kappa shape index (κ1) is 30.9. The molecule has 0 saturated heterocycles. The van der Waals surface area contributed by atoms with Crippen molar-refractivity contribution >= 4 is 49.1 Å². The molecule has 1 spiro atoms. The Labute approximate surface area is 304 Å². The molecule has 10 rings (SSSR count). The Morgan fingerprint density at radius 1 is 0.922 bits per heavy atom. The van der Waals surface area contributed by atoms with Crippen molar-refractivity contribution in [3.8, 4) is 11.3 Å². The van der Waals surface area contributed by atoms with Crippen molar-refractivity contribution in [1.29, 1.82) is 0 Å². The van der Waals surface area contributed by atoms with E-state index in [2.05, 4.69) is 159 Å². The Kier molecular flexibility index (Phi) is 6.68. The molecule has 51 heavy (non-hydrogen) atoms. The maximum absolute atomic E-state index is 7.05. The van der Waals surface area contributed by atoms with Gasteiger partial charge in [-0.15, -0.1) is 17.9 Å². The van der Waals surface area contributed by atoms with E-state index in [1.807, 2.05) is 0 Å². The van der Waals surface area contributed by atoms with E-state index in [1.54, 1.807) is 11.3 Å². The quantitative estimate of drug-likeness (QED) is 0.136. The van der Waals surface area contributed by atoms with Gasteiger partial charge in [0, 0.05) is 55.4 Å². The molecule has 4 heteroatoms. The second-order valence-corrected chi connectivity index (χ2v) is 16.3. The van der Waals surface area contributed by atoms with Gasteiger partial charge < -0.3 is 9.32 Å². The van der Waals surface area contributed by atoms with Crippen molar-refractivity contribution in [2.75, 3.05) is 0 Å². The largest absolute Gasteiger partial charge is 0.455 e. The van der Waals surface area contributed by atoms with E-state index in [0.717, 1.165) is 24.0 Å². The lowest BCUT2D eigenvalue weighted by atomic mass is 9.47. The van der Waals surface area contributed by atoms with E-state index in [9.17, 15) is 0 Å². The monoisotopic (exact) mass is 683 g/mol. The summed E-state index contributed by atoms with van der Waals surface area (Å²) < 4.78 is 10.9. The van der Waals surface area contributed by atoms with E-state index in [-0.39, 0.29) is 29.5 Å². The number of furan rings is 1. The van der Waals surface area contributed by atoms with Crippen molar-refractivity contribution in [1.82, 2.24) is 4.90 Å². The van der Waals surface area contributed by atoms with Crippen LogP contribution in [0.25, 0.3) is 49.0 Å². The molecule has 0 bridgehead atoms. The number of nitrogens with zero attached hydrogens (tertiary/aromatic N) is 2. The molecule has 0 N–H and O–H groups in total. The molecule has 4 aromatic carbocycles. The molecule has 4 unspecified atom stereocenters. The standard InChI is InChI=1S/C47H43N2OS/c1-7-38-44-43(33-15-10-9-14-32(33)40-20-16-27(3)26-48(40)44)47(38)25-31-17-18-35-34-19-21-41-36(22-23-51-41)45(34)50-46(35)42(31)39(8-2)49(47)30(6)24-37-28(4)12-11-13-29(37)5/h7-23,26,30,38,43-44H,1,24-25H2,2-6H3/q+1/b39-8-/t30-,38?,43?,44?,47?/m1/s1. The van der Waals surface area contributed by atoms with Crippen LogP contribution < -0.4 is 4.57 Å². The number of allylic oxidation sites excluding steroid dienone is 1. The minimum Gasteiger partial charge on any atom is -0.455 e. The normalized spacial score (nSPS) is 23.3. The number of pyridine rings is 1. The van der Waals surface area contributed by atoms with Crippen LogP contribution in [0.5, 0.6) is 0 Å². The van der Waals surface area contributed by atoms with Gasteiger partial charge in [-0.05, 0) is 111 Å². The average Bonchev–Trinajstić information content (AvgIpc) is 3.77. The highest BCUT2D eigenvalue weighted by molar-refractivity contribution is 7.17. The summed E-state index contributed by atoms with van der Waals surface area (Å²) in [6.07, 6.45) is 8.93. The molecular weight excluding hydrogens is 641 g/mol. The van der Waals surface area contributed by atoms with Crippen molar-refractivity contribution in [2.45, 2.75) is 71.0 Å². The molecule has 1 aliphatic carbocycles. The molecule has 5 atom stereocenters. The third kappa shape index (κ3) is 4.03. The summed E-state index contributed by atoms with van der Waals surface area (Å²) in [6.45, 7) is 16.1. The Balaban J connectivity index is 1.25. The summed E-state index contributed by atoms with van der Waals surface area (Å²) in [5.41, 5.74) is 15.3. The zero-order valence-electron chi connectivity index (χ0n) is 30.0. The number of aromatic nitrogens is 1. The third-order valence-electron chi connectivity index (χ3n) is 12.7. The van der Waals surface area contributed by atoms with Crippen LogP contribution in [0.4, 0.5) is 0 Å². The summed E-state index contributed by atoms with van der Waals surface area (Å²) >= 11 is 1.78. The lowest BCUT2D eigenvalue weighted by Gasteiger charge is -2.67. The molecule has 2 aliphatic heterocycles. The topological polar surface area (TPSA) is 20.3 Å². The summed E-state index contributed by atoms with van der Waals surface area (Å²) in [6, 6.07) is 32.5. The van der Waals surface area contributed by atoms with Gasteiger partial charge in [-0.1, -0.05) is 60.7 Å². The minimum atomic E-state index is -0.220. The fraction of sp³-hybridized carbons (Fsp3) is 0.255. The van der Waals surface area contributed by atoms with Gasteiger partial charge in [-0.2, -0.15) is 4.57 Å². The first-order valence-electron chi connectivity index (χ1n) is 18.4. The van der Waals surface area contributed by atoms with Crippen molar-refractivity contribution in [3.63, 3.8) is 0 Å². The number of hydrogen-bond donors (Lipinski definition) is 0. The molecule has 5 heterocycles. The second-order valence-electron chi connectivity index (χ2n) is 15.3. The third-order valence-corrected chi connectivity index (χ3v) is 13.6. The molecule has 3 aromatic heterocycles. The Morgan fingerprint density at radius 3 is 2.51 bits per heavy atom. The predicted octanol–water partition coefficient (Wildman–Crippen LogP) is 11.4. The fourth-order valence-electron chi connectivity index (χ4n) is 10.7. The van der Waals surface area contributed by atoms with E-state index in [1.165, 1.54) is 76.8 Å². The Bertz CT molecular complexity index is 2600. The average molecular weight is 684 g/mol. The lowest BCUT2D eigenvalue weighted by Crippen LogP contribution is -2.77. The summed E-state index contributed by atoms with van der Waals surface area (Å²) in [5, 5.41) is 5.77. The zero-order chi connectivity index (χ0) is 34.8. The van der Waals surface area contributed by atoms with Crippen molar-refractivity contribution < 1.29 is 8.98 Å². The maximum Gasteiger partial charge on any atom is 0.213 e. The highest BCUT2D eigenvalue weighted by Gasteiger charge is 2.72. The Hall–Kier alpha value is -4.93. The van der Waals surface area contributed by atoms with Gasteiger partial charge in [-0.25, -0.2) is 0 Å². The number of hydrogen-bond acceptors (Lipinski definition) is 3. The van der Waals surface area contributed by atoms with E-state index in [0.29, 0.717) is 0 Å². The highest BCUT2D eigenvalue weighted by Crippen LogP contribution is 2.67. The van der Waals surface area contributed by atoms with Crippen LogP contribution >= 0.6 is 11.3 Å². The van der Waals surface area contributed by atoms with Crippen LogP contribution in [0.3, 0.4) is 0 Å². The molecule has 3 aliphatic rings. The number of fused-ring (bicyclic) bond motifs is 14. The summed E-state index contributed by atoms with van der Waals surface area (Å²) in [7, 11) is 0. The number of rotatable bonds is 4. The van der Waals surface area contributed by atoms with Crippen LogP contribution in [0.1, 0.15) is 64.8 Å². The van der Waals surface area contributed by atoms with Gasteiger partial charge in [0.15, 0.2) is 12.2 Å². The van der Waals surface area contributed by atoms with Gasteiger partial charge in [0.25, 0.3) is 0 Å². The van der Waals surface area contributed by atoms with Crippen LogP contribution in [0.15, 0.2) is 120 Å². The summed E-state index contributed by atoms with van der Waals surface area (Å²) in [5.74, 6) is 0.498. The predicted molar refractivity (Wildman–Crippen MR) is 212 cm³/mol. The van der Waals surface area contributed by atoms with E-state index in [4.69, 9.17) is 4.42 Å². The molecule has 1 fully saturated rings. The minimum absolute atomic E-state index is 0.215. The highest BCUT2D eigenvalue weighted by atomic mass is 32.1. The zero-order valence-corrected chi connectivity index (χ0v) is 30.9. The maximum atomic E-state index is 7.05. The van der Waals surface area contributed by atoms with Gasteiger partial charge in [0.1, 0.15) is 11.2 Å². The number of benzene rings is 4. The molecular formula is C47H43N2OS+. The molecule has 3 nitrogen and oxygen atoms in total. The van der Waals surface area contributed by atoms with Gasteiger partial charge >= 0.3 is 0 Å². The van der Waals surface area contributed by atoms with Crippen LogP contribution in [-0.4, -0.2) is 16.5 Å². The molecule has 0 radical (unpaired) electrons. The number of aryl methyl sites for hydroxylation is 3. The number of thiophene rings is 1. The molecule has 0 amide bonds. The lowest BCUT2D eigenvalue weighted by molar-refractivity contribution is -0.742. The van der Waals surface area contributed by atoms with Crippen LogP contribution in [-0.2, 0) is 12.8 Å². The van der Waals surface area contributed by atoms with Crippen LogP contribution in [0.2, 0.25) is 0 Å². The van der Waals surface area contributed by atoms with E-state index >= 15 is 0 Å². The van der Waals surface area contributed by atoms with Gasteiger partial charge in [-0.3, -0.25) is 0 Å². The SMILES string of the molecule is C=CC1C2C(c3ccccc3-c3ccc(C)c[n+]32)C12Cc1ccc3c(oc4c5ccsc5ccc34)c1/C(=C/C)N2[C@H](C)Cc1c(C)cccc1C.